The van der Waals surface area contributed by atoms with Crippen molar-refractivity contribution >= 4 is 11.9 Å². The molecule has 1 amide bonds. The summed E-state index contributed by atoms with van der Waals surface area (Å²) in [7, 11) is 0. The van der Waals surface area contributed by atoms with Gasteiger partial charge in [0.15, 0.2) is 11.4 Å². The monoisotopic (exact) mass is 396 g/mol. The van der Waals surface area contributed by atoms with E-state index in [4.69, 9.17) is 9.47 Å². The number of aromatic nitrogens is 1. The third-order valence-electron chi connectivity index (χ3n) is 5.53. The zero-order valence-corrected chi connectivity index (χ0v) is 16.3. The number of nitrogens with zero attached hydrogens (tertiary/aromatic N) is 1. The molecule has 29 heavy (non-hydrogen) atoms. The molecule has 1 fully saturated rings. The molecular formula is C22H24N2O5. The second-order valence-electron chi connectivity index (χ2n) is 7.38. The van der Waals surface area contributed by atoms with Crippen LogP contribution >= 0.6 is 0 Å². The van der Waals surface area contributed by atoms with Crippen molar-refractivity contribution in [3.63, 3.8) is 0 Å². The molecule has 2 aliphatic rings. The summed E-state index contributed by atoms with van der Waals surface area (Å²) in [5.41, 5.74) is 0.328. The quantitative estimate of drug-likeness (QED) is 0.786. The molecule has 0 unspecified atom stereocenters. The molecule has 0 bridgehead atoms. The van der Waals surface area contributed by atoms with Crippen molar-refractivity contribution in [1.29, 1.82) is 0 Å². The third kappa shape index (κ3) is 3.64. The van der Waals surface area contributed by atoms with Crippen LogP contribution < -0.4 is 15.5 Å². The Hall–Kier alpha value is -3.09. The minimum Gasteiger partial charge on any atom is -0.483 e. The Morgan fingerprint density at radius 1 is 1.17 bits per heavy atom. The summed E-state index contributed by atoms with van der Waals surface area (Å²) >= 11 is 0. The van der Waals surface area contributed by atoms with Crippen LogP contribution in [0.15, 0.2) is 41.3 Å². The molecule has 0 saturated heterocycles. The van der Waals surface area contributed by atoms with Crippen LogP contribution in [0.1, 0.15) is 65.1 Å². The summed E-state index contributed by atoms with van der Waals surface area (Å²) in [5.74, 6) is -1.14. The first-order valence-electron chi connectivity index (χ1n) is 10.0. The predicted molar refractivity (Wildman–Crippen MR) is 106 cm³/mol. The average Bonchev–Trinajstić information content (AvgIpc) is 2.73. The van der Waals surface area contributed by atoms with Crippen LogP contribution in [0.2, 0.25) is 0 Å². The maximum Gasteiger partial charge on any atom is 0.343 e. The number of fused-ring (bicyclic) bond motifs is 3. The number of amides is 1. The standard InChI is InChI=1S/C22H24N2O5/c1-2-28-22(27)15-12-24-17-11-7-6-10-16(17)23-21(26)18(24)20(19(15)25)29-13-14-8-4-3-5-9-14/h3-5,8-9,12,16-17H,2,6-7,10-11,13H2,1H3,(H,23,26)/t16-,17+/m0/s1. The molecule has 0 radical (unpaired) electrons. The normalized spacial score (nSPS) is 20.2. The van der Waals surface area contributed by atoms with Crippen LogP contribution in [-0.2, 0) is 11.3 Å². The van der Waals surface area contributed by atoms with E-state index in [1.807, 2.05) is 30.3 Å². The lowest BCUT2D eigenvalue weighted by molar-refractivity contribution is 0.0520. The number of carbonyl (C=O) groups excluding carboxylic acids is 2. The minimum atomic E-state index is -0.698. The zero-order valence-electron chi connectivity index (χ0n) is 16.3. The molecule has 1 aliphatic heterocycles. The van der Waals surface area contributed by atoms with Gasteiger partial charge in [-0.3, -0.25) is 9.59 Å². The van der Waals surface area contributed by atoms with Gasteiger partial charge in [0.1, 0.15) is 12.2 Å². The van der Waals surface area contributed by atoms with E-state index in [0.29, 0.717) is 0 Å². The molecule has 2 aromatic rings. The van der Waals surface area contributed by atoms with Crippen molar-refractivity contribution in [2.75, 3.05) is 6.61 Å². The Bertz CT molecular complexity index is 983. The van der Waals surface area contributed by atoms with Gasteiger partial charge in [0, 0.05) is 12.2 Å². The summed E-state index contributed by atoms with van der Waals surface area (Å²) in [5, 5.41) is 3.02. The van der Waals surface area contributed by atoms with Crippen molar-refractivity contribution in [1.82, 2.24) is 9.88 Å². The molecule has 1 aromatic heterocycles. The van der Waals surface area contributed by atoms with Gasteiger partial charge in [0.05, 0.1) is 12.6 Å². The molecule has 1 N–H and O–H groups in total. The second kappa shape index (κ2) is 8.11. The van der Waals surface area contributed by atoms with Gasteiger partial charge in [-0.1, -0.05) is 43.2 Å². The Morgan fingerprint density at radius 3 is 2.69 bits per heavy atom. The molecule has 1 saturated carbocycles. The van der Waals surface area contributed by atoms with Gasteiger partial charge < -0.3 is 19.4 Å². The molecule has 7 heteroatoms. The molecule has 152 valence electrons. The van der Waals surface area contributed by atoms with Crippen molar-refractivity contribution in [2.24, 2.45) is 0 Å². The van der Waals surface area contributed by atoms with Crippen molar-refractivity contribution in [2.45, 2.75) is 51.3 Å². The predicted octanol–water partition coefficient (Wildman–Crippen LogP) is 2.83. The summed E-state index contributed by atoms with van der Waals surface area (Å²) < 4.78 is 12.7. The molecule has 7 nitrogen and oxygen atoms in total. The Labute approximate surface area is 168 Å². The zero-order chi connectivity index (χ0) is 20.4. The fourth-order valence-electron chi connectivity index (χ4n) is 4.16. The number of esters is 1. The summed E-state index contributed by atoms with van der Waals surface area (Å²) in [6.07, 6.45) is 5.28. The average molecular weight is 396 g/mol. The number of ether oxygens (including phenoxy) is 2. The van der Waals surface area contributed by atoms with E-state index in [9.17, 15) is 14.4 Å². The highest BCUT2D eigenvalue weighted by Gasteiger charge is 2.38. The number of hydrogen-bond donors (Lipinski definition) is 1. The number of hydrogen-bond acceptors (Lipinski definition) is 5. The topological polar surface area (TPSA) is 86.6 Å². The van der Waals surface area contributed by atoms with Crippen molar-refractivity contribution in [3.8, 4) is 5.75 Å². The van der Waals surface area contributed by atoms with Crippen LogP contribution in [0, 0.1) is 0 Å². The van der Waals surface area contributed by atoms with Crippen LogP contribution in [0.4, 0.5) is 0 Å². The van der Waals surface area contributed by atoms with E-state index in [1.54, 1.807) is 11.5 Å². The lowest BCUT2D eigenvalue weighted by Crippen LogP contribution is -2.50. The van der Waals surface area contributed by atoms with Gasteiger partial charge in [-0.2, -0.15) is 0 Å². The van der Waals surface area contributed by atoms with Crippen LogP contribution in [0.5, 0.6) is 5.75 Å². The fourth-order valence-corrected chi connectivity index (χ4v) is 4.16. The molecule has 0 spiro atoms. The van der Waals surface area contributed by atoms with Gasteiger partial charge >= 0.3 is 5.97 Å². The number of pyridine rings is 1. The van der Waals surface area contributed by atoms with E-state index < -0.39 is 11.4 Å². The molecule has 4 rings (SSSR count). The number of benzene rings is 1. The van der Waals surface area contributed by atoms with E-state index in [1.165, 1.54) is 6.20 Å². The highest BCUT2D eigenvalue weighted by atomic mass is 16.5. The van der Waals surface area contributed by atoms with Crippen LogP contribution in [0.25, 0.3) is 0 Å². The van der Waals surface area contributed by atoms with Gasteiger partial charge in [-0.25, -0.2) is 4.79 Å². The molecule has 2 atom stereocenters. The number of rotatable bonds is 5. The highest BCUT2D eigenvalue weighted by molar-refractivity contribution is 5.98. The lowest BCUT2D eigenvalue weighted by Gasteiger charge is -2.39. The molecular weight excluding hydrogens is 372 g/mol. The first kappa shape index (κ1) is 19.2. The van der Waals surface area contributed by atoms with E-state index in [-0.39, 0.29) is 48.2 Å². The first-order chi connectivity index (χ1) is 14.1. The number of nitrogens with one attached hydrogen (secondary N) is 1. The van der Waals surface area contributed by atoms with Crippen molar-refractivity contribution in [3.05, 3.63) is 63.6 Å². The summed E-state index contributed by atoms with van der Waals surface area (Å²) in [6.45, 7) is 1.97. The number of carbonyl (C=O) groups is 2. The van der Waals surface area contributed by atoms with Crippen LogP contribution in [-0.4, -0.2) is 29.1 Å². The summed E-state index contributed by atoms with van der Waals surface area (Å²) in [4.78, 5) is 38.4. The van der Waals surface area contributed by atoms with E-state index in [2.05, 4.69) is 5.32 Å². The third-order valence-corrected chi connectivity index (χ3v) is 5.53. The van der Waals surface area contributed by atoms with Gasteiger partial charge in [-0.05, 0) is 25.3 Å². The van der Waals surface area contributed by atoms with Gasteiger partial charge in [0.2, 0.25) is 5.43 Å². The fraction of sp³-hybridized carbons (Fsp3) is 0.409. The second-order valence-corrected chi connectivity index (χ2v) is 7.38. The molecule has 1 aromatic carbocycles. The maximum atomic E-state index is 13.1. The lowest BCUT2D eigenvalue weighted by atomic mass is 9.87. The maximum absolute atomic E-state index is 13.1. The van der Waals surface area contributed by atoms with Gasteiger partial charge in [0.25, 0.3) is 5.91 Å². The summed E-state index contributed by atoms with van der Waals surface area (Å²) in [6, 6.07) is 9.35. The molecule has 1 aliphatic carbocycles. The highest BCUT2D eigenvalue weighted by Crippen LogP contribution is 2.35. The van der Waals surface area contributed by atoms with Crippen LogP contribution in [0.3, 0.4) is 0 Å². The molecule has 2 heterocycles. The minimum absolute atomic E-state index is 0.00991. The van der Waals surface area contributed by atoms with E-state index in [0.717, 1.165) is 31.2 Å². The first-order valence-corrected chi connectivity index (χ1v) is 10.0. The Morgan fingerprint density at radius 2 is 1.93 bits per heavy atom. The van der Waals surface area contributed by atoms with Gasteiger partial charge in [-0.15, -0.1) is 0 Å². The smallest absolute Gasteiger partial charge is 0.343 e. The SMILES string of the molecule is CCOC(=O)c1cn2c(c(OCc3ccccc3)c1=O)C(=O)N[C@H]1CCCC[C@H]12. The van der Waals surface area contributed by atoms with E-state index >= 15 is 0 Å². The Kier molecular flexibility index (Phi) is 5.38. The Balaban J connectivity index is 1.81. The van der Waals surface area contributed by atoms with Crippen molar-refractivity contribution < 1.29 is 19.1 Å². The largest absolute Gasteiger partial charge is 0.483 e.